The van der Waals surface area contributed by atoms with Crippen LogP contribution >= 0.6 is 0 Å². The summed E-state index contributed by atoms with van der Waals surface area (Å²) in [6.45, 7) is 1.18. The van der Waals surface area contributed by atoms with Gasteiger partial charge in [0.15, 0.2) is 0 Å². The average molecular weight is 262 g/mol. The van der Waals surface area contributed by atoms with Crippen LogP contribution in [0.5, 0.6) is 0 Å². The van der Waals surface area contributed by atoms with Gasteiger partial charge in [-0.25, -0.2) is 4.39 Å². The molecule has 2 unspecified atom stereocenters. The summed E-state index contributed by atoms with van der Waals surface area (Å²) in [5.74, 6) is -0.517. The molecule has 3 rings (SSSR count). The van der Waals surface area contributed by atoms with Gasteiger partial charge >= 0.3 is 0 Å². The average Bonchev–Trinajstić information content (AvgIpc) is 2.81. The predicted molar refractivity (Wildman–Crippen MR) is 67.0 cm³/mol. The van der Waals surface area contributed by atoms with Crippen molar-refractivity contribution < 1.29 is 14.0 Å². The van der Waals surface area contributed by atoms with Crippen LogP contribution < -0.4 is 5.32 Å². The molecule has 0 bridgehead atoms. The topological polar surface area (TPSA) is 49.4 Å². The Labute approximate surface area is 110 Å². The number of rotatable bonds is 1. The van der Waals surface area contributed by atoms with Crippen molar-refractivity contribution in [3.63, 3.8) is 0 Å². The van der Waals surface area contributed by atoms with Gasteiger partial charge in [-0.2, -0.15) is 0 Å². The van der Waals surface area contributed by atoms with E-state index in [1.807, 2.05) is 0 Å². The Balaban J connectivity index is 1.83. The van der Waals surface area contributed by atoms with Crippen molar-refractivity contribution in [3.05, 3.63) is 35.6 Å². The Bertz CT molecular complexity index is 515. The van der Waals surface area contributed by atoms with Crippen molar-refractivity contribution >= 4 is 11.8 Å². The first-order chi connectivity index (χ1) is 9.16. The lowest BCUT2D eigenvalue weighted by Gasteiger charge is -2.36. The largest absolute Gasteiger partial charge is 0.354 e. The molecule has 2 aliphatic rings. The summed E-state index contributed by atoms with van der Waals surface area (Å²) in [7, 11) is 0. The van der Waals surface area contributed by atoms with Crippen molar-refractivity contribution in [1.82, 2.24) is 10.2 Å². The minimum absolute atomic E-state index is 0.0432. The van der Waals surface area contributed by atoms with Gasteiger partial charge in [0.2, 0.25) is 5.91 Å². The van der Waals surface area contributed by atoms with Gasteiger partial charge < -0.3 is 10.2 Å². The second-order valence-corrected chi connectivity index (χ2v) is 5.07. The summed E-state index contributed by atoms with van der Waals surface area (Å²) in [6.07, 6.45) is 1.67. The van der Waals surface area contributed by atoms with Crippen LogP contribution in [0.3, 0.4) is 0 Å². The van der Waals surface area contributed by atoms with E-state index >= 15 is 0 Å². The number of likely N-dealkylation sites (tertiary alicyclic amines) is 1. The Kier molecular flexibility index (Phi) is 2.97. The summed E-state index contributed by atoms with van der Waals surface area (Å²) in [4.78, 5) is 25.8. The van der Waals surface area contributed by atoms with Crippen LogP contribution in [0.4, 0.5) is 4.39 Å². The molecule has 0 radical (unpaired) electrons. The summed E-state index contributed by atoms with van der Waals surface area (Å²) in [6, 6.07) is 5.50. The summed E-state index contributed by atoms with van der Waals surface area (Å²) in [5.41, 5.74) is 0.474. The highest BCUT2D eigenvalue weighted by molar-refractivity contribution is 5.95. The first kappa shape index (κ1) is 12.1. The monoisotopic (exact) mass is 262 g/mol. The Morgan fingerprint density at radius 3 is 2.79 bits per heavy atom. The number of benzene rings is 1. The summed E-state index contributed by atoms with van der Waals surface area (Å²) >= 11 is 0. The molecule has 1 N–H and O–H groups in total. The first-order valence-electron chi connectivity index (χ1n) is 6.51. The van der Waals surface area contributed by atoms with E-state index in [1.54, 1.807) is 4.90 Å². The van der Waals surface area contributed by atoms with Crippen molar-refractivity contribution in [1.29, 1.82) is 0 Å². The zero-order chi connectivity index (χ0) is 13.4. The molecule has 0 spiro atoms. The van der Waals surface area contributed by atoms with Gasteiger partial charge in [-0.15, -0.1) is 0 Å². The fourth-order valence-electron chi connectivity index (χ4n) is 2.96. The number of halogens is 1. The number of carbonyl (C=O) groups excluding carboxylic acids is 2. The van der Waals surface area contributed by atoms with Crippen LogP contribution in [-0.4, -0.2) is 35.8 Å². The summed E-state index contributed by atoms with van der Waals surface area (Å²) in [5, 5.41) is 2.81. The molecular formula is C14H15FN2O2. The van der Waals surface area contributed by atoms with E-state index in [2.05, 4.69) is 5.32 Å². The second kappa shape index (κ2) is 4.64. The maximum absolute atomic E-state index is 12.9. The number of amides is 2. The van der Waals surface area contributed by atoms with Gasteiger partial charge in [-0.3, -0.25) is 9.59 Å². The van der Waals surface area contributed by atoms with Crippen LogP contribution in [0.1, 0.15) is 23.2 Å². The number of hydrogen-bond donors (Lipinski definition) is 1. The molecule has 0 saturated carbocycles. The van der Waals surface area contributed by atoms with Crippen LogP contribution in [0.2, 0.25) is 0 Å². The highest BCUT2D eigenvalue weighted by atomic mass is 19.1. The molecule has 5 heteroatoms. The number of hydrogen-bond acceptors (Lipinski definition) is 2. The van der Waals surface area contributed by atoms with E-state index in [4.69, 9.17) is 0 Å². The third-order valence-electron chi connectivity index (χ3n) is 3.95. The SMILES string of the molecule is O=C1NCC2C1CCCN2C(=O)c1ccc(F)cc1. The zero-order valence-electron chi connectivity index (χ0n) is 10.4. The molecule has 2 saturated heterocycles. The molecule has 19 heavy (non-hydrogen) atoms. The third kappa shape index (κ3) is 2.09. The molecular weight excluding hydrogens is 247 g/mol. The molecule has 4 nitrogen and oxygen atoms in total. The number of nitrogens with zero attached hydrogens (tertiary/aromatic N) is 1. The van der Waals surface area contributed by atoms with Crippen molar-refractivity contribution in [2.75, 3.05) is 13.1 Å². The van der Waals surface area contributed by atoms with Gasteiger partial charge in [0, 0.05) is 18.7 Å². The quantitative estimate of drug-likeness (QED) is 0.826. The van der Waals surface area contributed by atoms with Gasteiger partial charge in [0.05, 0.1) is 12.0 Å². The van der Waals surface area contributed by atoms with Crippen molar-refractivity contribution in [2.45, 2.75) is 18.9 Å². The third-order valence-corrected chi connectivity index (χ3v) is 3.95. The molecule has 2 amide bonds. The van der Waals surface area contributed by atoms with E-state index < -0.39 is 0 Å². The maximum atomic E-state index is 12.9. The second-order valence-electron chi connectivity index (χ2n) is 5.07. The Morgan fingerprint density at radius 2 is 2.05 bits per heavy atom. The molecule has 0 aromatic heterocycles. The highest BCUT2D eigenvalue weighted by Gasteiger charge is 2.42. The smallest absolute Gasteiger partial charge is 0.254 e. The molecule has 2 heterocycles. The molecule has 1 aromatic carbocycles. The number of carbonyl (C=O) groups is 2. The van der Waals surface area contributed by atoms with E-state index in [0.717, 1.165) is 12.8 Å². The van der Waals surface area contributed by atoms with E-state index in [9.17, 15) is 14.0 Å². The number of fused-ring (bicyclic) bond motifs is 1. The molecule has 100 valence electrons. The van der Waals surface area contributed by atoms with E-state index in [0.29, 0.717) is 18.7 Å². The number of nitrogens with one attached hydrogen (secondary N) is 1. The lowest BCUT2D eigenvalue weighted by molar-refractivity contribution is -0.123. The lowest BCUT2D eigenvalue weighted by Crippen LogP contribution is -2.48. The van der Waals surface area contributed by atoms with Gasteiger partial charge in [-0.05, 0) is 37.1 Å². The first-order valence-corrected chi connectivity index (χ1v) is 6.51. The predicted octanol–water partition coefficient (Wildman–Crippen LogP) is 1.18. The maximum Gasteiger partial charge on any atom is 0.254 e. The molecule has 2 atom stereocenters. The van der Waals surface area contributed by atoms with Crippen molar-refractivity contribution in [2.24, 2.45) is 5.92 Å². The minimum atomic E-state index is -0.356. The fraction of sp³-hybridized carbons (Fsp3) is 0.429. The molecule has 0 aliphatic carbocycles. The van der Waals surface area contributed by atoms with Gasteiger partial charge in [0.25, 0.3) is 5.91 Å². The minimum Gasteiger partial charge on any atom is -0.354 e. The van der Waals surface area contributed by atoms with E-state index in [-0.39, 0.29) is 29.6 Å². The Hall–Kier alpha value is -1.91. The van der Waals surface area contributed by atoms with Crippen molar-refractivity contribution in [3.8, 4) is 0 Å². The van der Waals surface area contributed by atoms with Crippen LogP contribution in [0.15, 0.2) is 24.3 Å². The number of piperidine rings is 1. The normalized spacial score (nSPS) is 25.9. The van der Waals surface area contributed by atoms with Crippen LogP contribution in [0.25, 0.3) is 0 Å². The van der Waals surface area contributed by atoms with Crippen LogP contribution in [0, 0.1) is 11.7 Å². The van der Waals surface area contributed by atoms with E-state index in [1.165, 1.54) is 24.3 Å². The highest BCUT2D eigenvalue weighted by Crippen LogP contribution is 2.28. The lowest BCUT2D eigenvalue weighted by atomic mass is 9.91. The molecule has 2 fully saturated rings. The molecule has 2 aliphatic heterocycles. The molecule has 1 aromatic rings. The van der Waals surface area contributed by atoms with Gasteiger partial charge in [-0.1, -0.05) is 0 Å². The Morgan fingerprint density at radius 1 is 1.32 bits per heavy atom. The summed E-state index contributed by atoms with van der Waals surface area (Å²) < 4.78 is 12.9. The zero-order valence-corrected chi connectivity index (χ0v) is 10.4. The fourth-order valence-corrected chi connectivity index (χ4v) is 2.96. The van der Waals surface area contributed by atoms with Crippen LogP contribution in [-0.2, 0) is 4.79 Å². The standard InChI is InChI=1S/C14H15FN2O2/c15-10-5-3-9(4-6-10)14(19)17-7-1-2-11-12(17)8-16-13(11)18/h3-6,11-12H,1-2,7-8H2,(H,16,18). The van der Waals surface area contributed by atoms with Gasteiger partial charge in [0.1, 0.15) is 5.82 Å².